The number of nitrogens with one attached hydrogen (secondary N) is 1. The maximum Gasteiger partial charge on any atom is 0.0295 e. The number of aromatic nitrogens is 1. The second-order valence-electron chi connectivity index (χ2n) is 4.22. The second-order valence-corrected chi connectivity index (χ2v) is 4.22. The first kappa shape index (κ1) is 12.5. The van der Waals surface area contributed by atoms with Gasteiger partial charge in [0.2, 0.25) is 0 Å². The summed E-state index contributed by atoms with van der Waals surface area (Å²) in [5.74, 6) is 0. The van der Waals surface area contributed by atoms with Gasteiger partial charge in [0.15, 0.2) is 0 Å². The van der Waals surface area contributed by atoms with Crippen LogP contribution in [0.2, 0.25) is 0 Å². The van der Waals surface area contributed by atoms with E-state index >= 15 is 0 Å². The molecule has 0 aliphatic heterocycles. The lowest BCUT2D eigenvalue weighted by Crippen LogP contribution is -2.18. The normalized spacial score (nSPS) is 12.7. The molecule has 2 aromatic rings. The molecular weight excluding hydrogens is 220 g/mol. The number of hydrogen-bond acceptors (Lipinski definition) is 2. The monoisotopic (exact) mass is 238 g/mol. The second kappa shape index (κ2) is 6.72. The minimum atomic E-state index is 0.341. The molecule has 2 heteroatoms. The van der Waals surface area contributed by atoms with Crippen molar-refractivity contribution in [2.75, 3.05) is 6.54 Å². The summed E-state index contributed by atoms with van der Waals surface area (Å²) in [6.07, 6.45) is 7.93. The number of rotatable bonds is 5. The van der Waals surface area contributed by atoms with Crippen molar-refractivity contribution < 1.29 is 0 Å². The van der Waals surface area contributed by atoms with Crippen LogP contribution in [0.25, 0.3) is 6.08 Å². The van der Waals surface area contributed by atoms with Gasteiger partial charge >= 0.3 is 0 Å². The van der Waals surface area contributed by atoms with E-state index in [1.165, 1.54) is 11.1 Å². The van der Waals surface area contributed by atoms with Gasteiger partial charge in [-0.2, -0.15) is 0 Å². The molecule has 0 aliphatic carbocycles. The summed E-state index contributed by atoms with van der Waals surface area (Å²) in [6.45, 7) is 3.02. The Hall–Kier alpha value is -1.93. The summed E-state index contributed by atoms with van der Waals surface area (Å²) in [5, 5.41) is 3.45. The van der Waals surface area contributed by atoms with Crippen molar-refractivity contribution in [1.29, 1.82) is 0 Å². The van der Waals surface area contributed by atoms with Gasteiger partial charge in [-0.05, 0) is 30.2 Å². The van der Waals surface area contributed by atoms with Gasteiger partial charge in [0.25, 0.3) is 0 Å². The van der Waals surface area contributed by atoms with E-state index in [1.807, 2.05) is 42.7 Å². The van der Waals surface area contributed by atoms with Crippen LogP contribution in [0.4, 0.5) is 0 Å². The fourth-order valence-electron chi connectivity index (χ4n) is 1.77. The van der Waals surface area contributed by atoms with Crippen LogP contribution < -0.4 is 5.32 Å². The molecule has 1 heterocycles. The molecule has 1 aromatic carbocycles. The lowest BCUT2D eigenvalue weighted by atomic mass is 10.1. The smallest absolute Gasteiger partial charge is 0.0295 e. The van der Waals surface area contributed by atoms with Gasteiger partial charge in [0, 0.05) is 25.0 Å². The van der Waals surface area contributed by atoms with E-state index in [4.69, 9.17) is 0 Å². The molecule has 1 unspecified atom stereocenters. The van der Waals surface area contributed by atoms with Gasteiger partial charge in [0.1, 0.15) is 0 Å². The highest BCUT2D eigenvalue weighted by Gasteiger charge is 2.01. The molecule has 0 fully saturated rings. The minimum absolute atomic E-state index is 0.341. The summed E-state index contributed by atoms with van der Waals surface area (Å²) in [6, 6.07) is 14.7. The third-order valence-electron chi connectivity index (χ3n) is 2.86. The molecule has 0 aliphatic rings. The Kier molecular flexibility index (Phi) is 4.68. The lowest BCUT2D eigenvalue weighted by Gasteiger charge is -2.11. The van der Waals surface area contributed by atoms with Crippen LogP contribution in [0.3, 0.4) is 0 Å². The van der Waals surface area contributed by atoms with Crippen LogP contribution in [0, 0.1) is 0 Å². The molecular formula is C16H18N2. The molecule has 0 radical (unpaired) electrons. The first-order chi connectivity index (χ1) is 8.86. The number of pyridine rings is 1. The lowest BCUT2D eigenvalue weighted by molar-refractivity contribution is 0.617. The summed E-state index contributed by atoms with van der Waals surface area (Å²) in [4.78, 5) is 4.02. The van der Waals surface area contributed by atoms with Crippen molar-refractivity contribution in [2.45, 2.75) is 13.0 Å². The van der Waals surface area contributed by atoms with Crippen molar-refractivity contribution in [1.82, 2.24) is 10.3 Å². The van der Waals surface area contributed by atoms with Gasteiger partial charge in [0.05, 0.1) is 0 Å². The molecule has 1 aromatic heterocycles. The maximum atomic E-state index is 4.02. The van der Waals surface area contributed by atoms with Crippen LogP contribution in [-0.4, -0.2) is 11.5 Å². The Morgan fingerprint density at radius 3 is 2.56 bits per heavy atom. The molecule has 2 rings (SSSR count). The molecule has 0 amide bonds. The predicted molar refractivity (Wildman–Crippen MR) is 76.1 cm³/mol. The van der Waals surface area contributed by atoms with Crippen molar-refractivity contribution in [2.24, 2.45) is 0 Å². The summed E-state index contributed by atoms with van der Waals surface area (Å²) < 4.78 is 0. The highest BCUT2D eigenvalue weighted by molar-refractivity contribution is 5.48. The van der Waals surface area contributed by atoms with Crippen LogP contribution in [0.5, 0.6) is 0 Å². The quantitative estimate of drug-likeness (QED) is 0.863. The molecule has 2 nitrogen and oxygen atoms in total. The minimum Gasteiger partial charge on any atom is -0.307 e. The number of benzene rings is 1. The van der Waals surface area contributed by atoms with Gasteiger partial charge in [-0.3, -0.25) is 4.98 Å². The van der Waals surface area contributed by atoms with Crippen LogP contribution in [-0.2, 0) is 0 Å². The summed E-state index contributed by atoms with van der Waals surface area (Å²) in [7, 11) is 0. The maximum absolute atomic E-state index is 4.02. The first-order valence-electron chi connectivity index (χ1n) is 6.21. The van der Waals surface area contributed by atoms with Gasteiger partial charge in [-0.25, -0.2) is 0 Å². The third-order valence-corrected chi connectivity index (χ3v) is 2.86. The van der Waals surface area contributed by atoms with Gasteiger partial charge in [-0.15, -0.1) is 0 Å². The zero-order valence-corrected chi connectivity index (χ0v) is 10.6. The topological polar surface area (TPSA) is 24.9 Å². The first-order valence-corrected chi connectivity index (χ1v) is 6.21. The van der Waals surface area contributed by atoms with E-state index < -0.39 is 0 Å². The number of hydrogen-bond donors (Lipinski definition) is 1. The third kappa shape index (κ3) is 3.82. The van der Waals surface area contributed by atoms with Gasteiger partial charge < -0.3 is 5.32 Å². The van der Waals surface area contributed by atoms with Crippen molar-refractivity contribution in [3.63, 3.8) is 0 Å². The average Bonchev–Trinajstić information content (AvgIpc) is 2.45. The van der Waals surface area contributed by atoms with Crippen molar-refractivity contribution >= 4 is 6.08 Å². The molecule has 1 N–H and O–H groups in total. The standard InChI is InChI=1S/C16H18N2/c1-14(16-9-12-17-13-10-16)18-11-5-8-15-6-3-2-4-7-15/h2-10,12-14,18H,11H2,1H3. The van der Waals surface area contributed by atoms with Crippen molar-refractivity contribution in [3.8, 4) is 0 Å². The summed E-state index contributed by atoms with van der Waals surface area (Å²) in [5.41, 5.74) is 2.49. The van der Waals surface area contributed by atoms with E-state index in [1.54, 1.807) is 0 Å². The van der Waals surface area contributed by atoms with Crippen molar-refractivity contribution in [3.05, 3.63) is 72.1 Å². The Bertz CT molecular complexity index is 477. The van der Waals surface area contributed by atoms with Crippen LogP contribution >= 0.6 is 0 Å². The number of nitrogens with zero attached hydrogens (tertiary/aromatic N) is 1. The Morgan fingerprint density at radius 1 is 1.11 bits per heavy atom. The van der Waals surface area contributed by atoms with E-state index in [0.717, 1.165) is 6.54 Å². The zero-order valence-electron chi connectivity index (χ0n) is 10.6. The Morgan fingerprint density at radius 2 is 1.83 bits per heavy atom. The molecule has 1 atom stereocenters. The fourth-order valence-corrected chi connectivity index (χ4v) is 1.77. The van der Waals surface area contributed by atoms with E-state index in [-0.39, 0.29) is 0 Å². The SMILES string of the molecule is CC(NCC=Cc1ccccc1)c1ccncc1. The largest absolute Gasteiger partial charge is 0.307 e. The predicted octanol–water partition coefficient (Wildman–Crippen LogP) is 3.45. The van der Waals surface area contributed by atoms with E-state index in [9.17, 15) is 0 Å². The Labute approximate surface area is 108 Å². The molecule has 0 saturated carbocycles. The van der Waals surface area contributed by atoms with Crippen LogP contribution in [0.15, 0.2) is 60.9 Å². The average molecular weight is 238 g/mol. The molecule has 0 bridgehead atoms. The van der Waals surface area contributed by atoms with Gasteiger partial charge in [-0.1, -0.05) is 42.5 Å². The molecule has 0 spiro atoms. The molecule has 0 saturated heterocycles. The summed E-state index contributed by atoms with van der Waals surface area (Å²) >= 11 is 0. The highest BCUT2D eigenvalue weighted by Crippen LogP contribution is 2.09. The highest BCUT2D eigenvalue weighted by atomic mass is 14.9. The van der Waals surface area contributed by atoms with Crippen LogP contribution in [0.1, 0.15) is 24.1 Å². The van der Waals surface area contributed by atoms with E-state index in [2.05, 4.69) is 41.5 Å². The Balaban J connectivity index is 1.81. The molecule has 92 valence electrons. The zero-order chi connectivity index (χ0) is 12.6. The molecule has 18 heavy (non-hydrogen) atoms. The fraction of sp³-hybridized carbons (Fsp3) is 0.188. The van der Waals surface area contributed by atoms with E-state index in [0.29, 0.717) is 6.04 Å².